The summed E-state index contributed by atoms with van der Waals surface area (Å²) in [6.07, 6.45) is 3.29. The number of nitrogens with zero attached hydrogens (tertiary/aromatic N) is 2. The fraction of sp³-hybridized carbons (Fsp3) is 0.0417. The van der Waals surface area contributed by atoms with Crippen molar-refractivity contribution in [1.82, 2.24) is 4.98 Å². The van der Waals surface area contributed by atoms with Crippen LogP contribution < -0.4 is 15.0 Å². The maximum absolute atomic E-state index is 13.0. The van der Waals surface area contributed by atoms with Crippen molar-refractivity contribution in [1.29, 1.82) is 0 Å². The predicted octanol–water partition coefficient (Wildman–Crippen LogP) is 5.76. The molecule has 0 radical (unpaired) electrons. The Morgan fingerprint density at radius 3 is 2.31 bits per heavy atom. The van der Waals surface area contributed by atoms with Gasteiger partial charge in [0.2, 0.25) is 0 Å². The quantitative estimate of drug-likeness (QED) is 0.370. The van der Waals surface area contributed by atoms with Crippen LogP contribution in [-0.2, 0) is 0 Å². The Hall–Kier alpha value is -3.91. The zero-order chi connectivity index (χ0) is 22.5. The number of furan rings is 1. The third-order valence-corrected chi connectivity index (χ3v) is 5.02. The molecule has 0 saturated carbocycles. The van der Waals surface area contributed by atoms with E-state index >= 15 is 0 Å². The molecule has 2 aromatic carbocycles. The smallest absolute Gasteiger partial charge is 0.293 e. The molecule has 1 N–H and O–H groups in total. The van der Waals surface area contributed by atoms with Gasteiger partial charge in [0.25, 0.3) is 11.8 Å². The van der Waals surface area contributed by atoms with Crippen molar-refractivity contribution in [2.24, 2.45) is 0 Å². The van der Waals surface area contributed by atoms with E-state index in [1.165, 1.54) is 4.90 Å². The SMILES string of the molecule is CN(C(=O)c1ccc(Br)o1)c1ccccc1C(=O)Nc1ccc(Oc2ccncc2)cc1. The zero-order valence-electron chi connectivity index (χ0n) is 17.0. The van der Waals surface area contributed by atoms with E-state index in [1.807, 2.05) is 0 Å². The van der Waals surface area contributed by atoms with Crippen molar-refractivity contribution in [3.8, 4) is 11.5 Å². The molecule has 32 heavy (non-hydrogen) atoms. The van der Waals surface area contributed by atoms with E-state index in [0.717, 1.165) is 0 Å². The molecule has 0 aliphatic heterocycles. The molecule has 0 atom stereocenters. The molecule has 0 unspecified atom stereocenters. The predicted molar refractivity (Wildman–Crippen MR) is 124 cm³/mol. The fourth-order valence-electron chi connectivity index (χ4n) is 3.01. The molecule has 4 rings (SSSR count). The first kappa shape index (κ1) is 21.3. The third kappa shape index (κ3) is 4.87. The molecule has 8 heteroatoms. The van der Waals surface area contributed by atoms with Crippen LogP contribution in [0.4, 0.5) is 11.4 Å². The minimum absolute atomic E-state index is 0.166. The third-order valence-electron chi connectivity index (χ3n) is 4.60. The summed E-state index contributed by atoms with van der Waals surface area (Å²) in [6, 6.07) is 20.6. The lowest BCUT2D eigenvalue weighted by molar-refractivity contribution is 0.0965. The highest BCUT2D eigenvalue weighted by atomic mass is 79.9. The van der Waals surface area contributed by atoms with Gasteiger partial charge >= 0.3 is 0 Å². The summed E-state index contributed by atoms with van der Waals surface area (Å²) >= 11 is 3.19. The summed E-state index contributed by atoms with van der Waals surface area (Å²) in [4.78, 5) is 31.0. The van der Waals surface area contributed by atoms with Gasteiger partial charge in [-0.3, -0.25) is 14.6 Å². The monoisotopic (exact) mass is 491 g/mol. The fourth-order valence-corrected chi connectivity index (χ4v) is 3.32. The Labute approximate surface area is 192 Å². The second-order valence-electron chi connectivity index (χ2n) is 6.75. The molecule has 2 amide bonds. The van der Waals surface area contributed by atoms with Crippen LogP contribution in [0.2, 0.25) is 0 Å². The van der Waals surface area contributed by atoms with Crippen LogP contribution >= 0.6 is 15.9 Å². The number of hydrogen-bond acceptors (Lipinski definition) is 5. The molecular weight excluding hydrogens is 474 g/mol. The van der Waals surface area contributed by atoms with Crippen molar-refractivity contribution in [3.05, 3.63) is 101 Å². The normalized spacial score (nSPS) is 10.4. The molecule has 7 nitrogen and oxygen atoms in total. The lowest BCUT2D eigenvalue weighted by Crippen LogP contribution is -2.28. The van der Waals surface area contributed by atoms with Crippen molar-refractivity contribution in [2.75, 3.05) is 17.3 Å². The highest BCUT2D eigenvalue weighted by Crippen LogP contribution is 2.26. The average molecular weight is 492 g/mol. The lowest BCUT2D eigenvalue weighted by Gasteiger charge is -2.19. The molecule has 4 aromatic rings. The van der Waals surface area contributed by atoms with Crippen LogP contribution in [0.25, 0.3) is 0 Å². The van der Waals surface area contributed by atoms with Gasteiger partial charge in [-0.15, -0.1) is 0 Å². The number of nitrogens with one attached hydrogen (secondary N) is 1. The lowest BCUT2D eigenvalue weighted by atomic mass is 10.1. The molecule has 0 aliphatic carbocycles. The minimum Gasteiger partial charge on any atom is -0.457 e. The van der Waals surface area contributed by atoms with Crippen molar-refractivity contribution < 1.29 is 18.7 Å². The number of carbonyl (C=O) groups is 2. The first-order valence-electron chi connectivity index (χ1n) is 9.63. The molecular formula is C24H18BrN3O4. The molecule has 160 valence electrons. The van der Waals surface area contributed by atoms with Gasteiger partial charge < -0.3 is 19.4 Å². The molecule has 0 fully saturated rings. The van der Waals surface area contributed by atoms with Crippen LogP contribution in [0.3, 0.4) is 0 Å². The Morgan fingerprint density at radius 1 is 0.938 bits per heavy atom. The van der Waals surface area contributed by atoms with Crippen LogP contribution in [0.5, 0.6) is 11.5 Å². The van der Waals surface area contributed by atoms with Crippen LogP contribution in [0.15, 0.2) is 94.3 Å². The average Bonchev–Trinajstić information content (AvgIpc) is 3.26. The number of carbonyl (C=O) groups excluding carboxylic acids is 2. The second-order valence-corrected chi connectivity index (χ2v) is 7.53. The van der Waals surface area contributed by atoms with Crippen LogP contribution in [-0.4, -0.2) is 23.8 Å². The summed E-state index contributed by atoms with van der Waals surface area (Å²) in [5, 5.41) is 2.85. The number of rotatable bonds is 6. The Morgan fingerprint density at radius 2 is 1.62 bits per heavy atom. The second kappa shape index (κ2) is 9.49. The number of hydrogen-bond donors (Lipinski definition) is 1. The van der Waals surface area contributed by atoms with Gasteiger partial charge in [-0.25, -0.2) is 0 Å². The van der Waals surface area contributed by atoms with E-state index in [4.69, 9.17) is 9.15 Å². The summed E-state index contributed by atoms with van der Waals surface area (Å²) in [6.45, 7) is 0. The van der Waals surface area contributed by atoms with Crippen LogP contribution in [0.1, 0.15) is 20.9 Å². The van der Waals surface area contributed by atoms with Crippen molar-refractivity contribution in [3.63, 3.8) is 0 Å². The van der Waals surface area contributed by atoms with E-state index in [1.54, 1.807) is 92.2 Å². The van der Waals surface area contributed by atoms with Gasteiger partial charge in [0.05, 0.1) is 11.3 Å². The van der Waals surface area contributed by atoms with Gasteiger partial charge in [-0.05, 0) is 76.6 Å². The molecule has 2 aromatic heterocycles. The summed E-state index contributed by atoms with van der Waals surface area (Å²) in [7, 11) is 1.59. The van der Waals surface area contributed by atoms with Crippen molar-refractivity contribution in [2.45, 2.75) is 0 Å². The molecule has 0 saturated heterocycles. The van der Waals surface area contributed by atoms with Crippen LogP contribution in [0, 0.1) is 0 Å². The Kier molecular flexibility index (Phi) is 6.32. The number of para-hydroxylation sites is 1. The highest BCUT2D eigenvalue weighted by molar-refractivity contribution is 9.10. The van der Waals surface area contributed by atoms with Gasteiger partial charge in [0, 0.05) is 25.1 Å². The van der Waals surface area contributed by atoms with Gasteiger partial charge in [-0.1, -0.05) is 12.1 Å². The standard InChI is InChI=1S/C24H18BrN3O4/c1-28(24(30)21-10-11-22(25)32-21)20-5-3-2-4-19(20)23(29)27-16-6-8-17(9-7-16)31-18-12-14-26-15-13-18/h2-15H,1H3,(H,27,29). The number of ether oxygens (including phenoxy) is 1. The molecule has 0 bridgehead atoms. The zero-order valence-corrected chi connectivity index (χ0v) is 18.6. The van der Waals surface area contributed by atoms with E-state index in [-0.39, 0.29) is 17.6 Å². The van der Waals surface area contributed by atoms with E-state index in [2.05, 4.69) is 26.2 Å². The van der Waals surface area contributed by atoms with E-state index < -0.39 is 0 Å². The number of amides is 2. The summed E-state index contributed by atoms with van der Waals surface area (Å²) in [5.41, 5.74) is 1.40. The largest absolute Gasteiger partial charge is 0.457 e. The maximum Gasteiger partial charge on any atom is 0.293 e. The summed E-state index contributed by atoms with van der Waals surface area (Å²) < 4.78 is 11.5. The minimum atomic E-state index is -0.367. The van der Waals surface area contributed by atoms with E-state index in [9.17, 15) is 9.59 Å². The number of halogens is 1. The topological polar surface area (TPSA) is 84.7 Å². The van der Waals surface area contributed by atoms with Gasteiger partial charge in [0.1, 0.15) is 11.5 Å². The number of aromatic nitrogens is 1. The summed E-state index contributed by atoms with van der Waals surface area (Å²) in [5.74, 6) is 0.753. The molecule has 0 spiro atoms. The first-order valence-corrected chi connectivity index (χ1v) is 10.4. The van der Waals surface area contributed by atoms with Crippen molar-refractivity contribution >= 4 is 39.1 Å². The maximum atomic E-state index is 13.0. The molecule has 2 heterocycles. The Balaban J connectivity index is 1.48. The van der Waals surface area contributed by atoms with Gasteiger partial charge in [-0.2, -0.15) is 0 Å². The number of anilines is 2. The van der Waals surface area contributed by atoms with E-state index in [0.29, 0.717) is 33.1 Å². The Bertz CT molecular complexity index is 1240. The first-order chi connectivity index (χ1) is 15.5. The van der Waals surface area contributed by atoms with Gasteiger partial charge in [0.15, 0.2) is 10.4 Å². The molecule has 0 aliphatic rings. The highest BCUT2D eigenvalue weighted by Gasteiger charge is 2.22. The number of pyridine rings is 1. The number of benzene rings is 2.